The van der Waals surface area contributed by atoms with Crippen LogP contribution in [-0.2, 0) is 19.5 Å². The summed E-state index contributed by atoms with van der Waals surface area (Å²) in [6.07, 6.45) is -2.69. The fourth-order valence-electron chi connectivity index (χ4n) is 3.62. The summed E-state index contributed by atoms with van der Waals surface area (Å²) in [5.41, 5.74) is 0.266. The van der Waals surface area contributed by atoms with Gasteiger partial charge in [-0.2, -0.15) is 18.3 Å². The van der Waals surface area contributed by atoms with Crippen LogP contribution in [0.1, 0.15) is 21.6 Å². The smallest absolute Gasteiger partial charge is 0.416 e. The molecule has 0 aliphatic carbocycles. The molecule has 2 heterocycles. The Hall–Kier alpha value is -3.04. The van der Waals surface area contributed by atoms with Crippen LogP contribution in [0.3, 0.4) is 0 Å². The third-order valence-corrected chi connectivity index (χ3v) is 5.57. The quantitative estimate of drug-likeness (QED) is 0.521. The number of benzene rings is 2. The Bertz CT molecular complexity index is 1110. The Morgan fingerprint density at radius 3 is 2.52 bits per heavy atom. The molecule has 3 aromatic rings. The molecule has 174 valence electrons. The first-order valence-corrected chi connectivity index (χ1v) is 10.8. The molecule has 0 bridgehead atoms. The molecule has 1 aliphatic heterocycles. The highest BCUT2D eigenvalue weighted by Gasteiger charge is 2.30. The number of amides is 1. The van der Waals surface area contributed by atoms with Crippen molar-refractivity contribution in [3.8, 4) is 5.75 Å². The highest BCUT2D eigenvalue weighted by Crippen LogP contribution is 2.29. The molecule has 6 nitrogen and oxygen atoms in total. The van der Waals surface area contributed by atoms with Crippen molar-refractivity contribution in [2.75, 3.05) is 26.2 Å². The highest BCUT2D eigenvalue weighted by molar-refractivity contribution is 6.30. The Morgan fingerprint density at radius 1 is 1.03 bits per heavy atom. The van der Waals surface area contributed by atoms with Gasteiger partial charge in [-0.3, -0.25) is 9.69 Å². The van der Waals surface area contributed by atoms with Gasteiger partial charge in [0.25, 0.3) is 5.91 Å². The van der Waals surface area contributed by atoms with Gasteiger partial charge in [0.1, 0.15) is 5.75 Å². The first-order chi connectivity index (χ1) is 15.8. The summed E-state index contributed by atoms with van der Waals surface area (Å²) in [5, 5.41) is 4.86. The van der Waals surface area contributed by atoms with Crippen molar-refractivity contribution in [1.29, 1.82) is 0 Å². The minimum Gasteiger partial charge on any atom is -0.471 e. The van der Waals surface area contributed by atoms with Crippen LogP contribution in [0.25, 0.3) is 0 Å². The number of hydrogen-bond donors (Lipinski definition) is 0. The molecule has 0 radical (unpaired) electrons. The predicted molar refractivity (Wildman–Crippen MR) is 117 cm³/mol. The largest absolute Gasteiger partial charge is 0.471 e. The summed E-state index contributed by atoms with van der Waals surface area (Å²) in [6, 6.07) is 14.0. The SMILES string of the molecule is O=C(c1ccn(COc2cccc(Cl)c2)n1)N1CCN(Cc2cccc(C(F)(F)F)c2)CC1. The van der Waals surface area contributed by atoms with Crippen molar-refractivity contribution in [2.45, 2.75) is 19.5 Å². The molecule has 0 unspecified atom stereocenters. The molecule has 1 amide bonds. The normalized spacial score (nSPS) is 15.0. The monoisotopic (exact) mass is 478 g/mol. The Balaban J connectivity index is 1.28. The number of carbonyl (C=O) groups is 1. The molecular weight excluding hydrogens is 457 g/mol. The predicted octanol–water partition coefficient (Wildman–Crippen LogP) is 4.55. The van der Waals surface area contributed by atoms with Crippen molar-refractivity contribution in [1.82, 2.24) is 19.6 Å². The maximum Gasteiger partial charge on any atom is 0.416 e. The van der Waals surface area contributed by atoms with Crippen LogP contribution >= 0.6 is 11.6 Å². The zero-order chi connectivity index (χ0) is 23.4. The van der Waals surface area contributed by atoms with Gasteiger partial charge >= 0.3 is 6.18 Å². The molecule has 1 aromatic heterocycles. The van der Waals surface area contributed by atoms with E-state index in [4.69, 9.17) is 16.3 Å². The van der Waals surface area contributed by atoms with E-state index in [1.807, 2.05) is 4.90 Å². The van der Waals surface area contributed by atoms with Gasteiger partial charge in [0.2, 0.25) is 0 Å². The lowest BCUT2D eigenvalue weighted by molar-refractivity contribution is -0.137. The van der Waals surface area contributed by atoms with Gasteiger partial charge in [0.15, 0.2) is 12.4 Å². The first-order valence-electron chi connectivity index (χ1n) is 10.4. The minimum atomic E-state index is -4.36. The lowest BCUT2D eigenvalue weighted by Crippen LogP contribution is -2.48. The summed E-state index contributed by atoms with van der Waals surface area (Å²) in [4.78, 5) is 16.5. The van der Waals surface area contributed by atoms with E-state index in [9.17, 15) is 18.0 Å². The number of ether oxygens (including phenoxy) is 1. The lowest BCUT2D eigenvalue weighted by atomic mass is 10.1. The number of halogens is 4. The maximum atomic E-state index is 12.9. The van der Waals surface area contributed by atoms with Gasteiger partial charge < -0.3 is 9.64 Å². The first kappa shape index (κ1) is 23.1. The van der Waals surface area contributed by atoms with E-state index >= 15 is 0 Å². The van der Waals surface area contributed by atoms with Gasteiger partial charge in [0, 0.05) is 43.9 Å². The summed E-state index contributed by atoms with van der Waals surface area (Å²) in [6.45, 7) is 2.63. The van der Waals surface area contributed by atoms with Crippen LogP contribution in [-0.4, -0.2) is 51.7 Å². The van der Waals surface area contributed by atoms with E-state index in [1.165, 1.54) is 16.8 Å². The van der Waals surface area contributed by atoms with E-state index in [2.05, 4.69) is 5.10 Å². The number of carbonyl (C=O) groups excluding carboxylic acids is 1. The van der Waals surface area contributed by atoms with Crippen LogP contribution < -0.4 is 4.74 Å². The maximum absolute atomic E-state index is 12.9. The van der Waals surface area contributed by atoms with E-state index in [-0.39, 0.29) is 12.6 Å². The third-order valence-electron chi connectivity index (χ3n) is 5.34. The molecule has 33 heavy (non-hydrogen) atoms. The number of nitrogens with zero attached hydrogens (tertiary/aromatic N) is 4. The van der Waals surface area contributed by atoms with Crippen LogP contribution in [0.2, 0.25) is 5.02 Å². The average Bonchev–Trinajstić information content (AvgIpc) is 3.27. The zero-order valence-corrected chi connectivity index (χ0v) is 18.4. The molecule has 0 spiro atoms. The second kappa shape index (κ2) is 9.84. The second-order valence-electron chi connectivity index (χ2n) is 7.74. The summed E-state index contributed by atoms with van der Waals surface area (Å²) >= 11 is 5.94. The second-order valence-corrected chi connectivity index (χ2v) is 8.17. The standard InChI is InChI=1S/C23H22ClF3N4O2/c24-19-5-2-6-20(14-19)33-16-31-8-7-21(28-31)22(32)30-11-9-29(10-12-30)15-17-3-1-4-18(13-17)23(25,26)27/h1-8,13-14H,9-12,15-16H2. The molecule has 1 fully saturated rings. The van der Waals surface area contributed by atoms with Crippen LogP contribution in [0.4, 0.5) is 13.2 Å². The molecule has 1 saturated heterocycles. The highest BCUT2D eigenvalue weighted by atomic mass is 35.5. The molecule has 0 saturated carbocycles. The van der Waals surface area contributed by atoms with E-state index in [1.54, 1.807) is 47.5 Å². The Labute approximate surface area is 194 Å². The summed E-state index contributed by atoms with van der Waals surface area (Å²) < 4.78 is 45.9. The molecule has 4 rings (SSSR count). The number of rotatable bonds is 6. The van der Waals surface area contributed by atoms with Gasteiger partial charge in [-0.15, -0.1) is 0 Å². The van der Waals surface area contributed by atoms with Crippen molar-refractivity contribution < 1.29 is 22.7 Å². The summed E-state index contributed by atoms with van der Waals surface area (Å²) in [7, 11) is 0. The fraction of sp³-hybridized carbons (Fsp3) is 0.304. The van der Waals surface area contributed by atoms with Crippen molar-refractivity contribution in [3.63, 3.8) is 0 Å². The number of aromatic nitrogens is 2. The topological polar surface area (TPSA) is 50.6 Å². The van der Waals surface area contributed by atoms with Gasteiger partial charge in [0.05, 0.1) is 5.56 Å². The van der Waals surface area contributed by atoms with Crippen LogP contribution in [0.5, 0.6) is 5.75 Å². The summed E-state index contributed by atoms with van der Waals surface area (Å²) in [5.74, 6) is 0.415. The lowest BCUT2D eigenvalue weighted by Gasteiger charge is -2.34. The van der Waals surface area contributed by atoms with Crippen molar-refractivity contribution in [2.24, 2.45) is 0 Å². The van der Waals surface area contributed by atoms with E-state index in [0.29, 0.717) is 54.8 Å². The Morgan fingerprint density at radius 2 is 1.79 bits per heavy atom. The number of piperazine rings is 1. The Kier molecular flexibility index (Phi) is 6.90. The molecule has 2 aromatic carbocycles. The van der Waals surface area contributed by atoms with Crippen LogP contribution in [0.15, 0.2) is 60.8 Å². The van der Waals surface area contributed by atoms with Gasteiger partial charge in [-0.1, -0.05) is 35.9 Å². The van der Waals surface area contributed by atoms with E-state index < -0.39 is 11.7 Å². The molecular formula is C23H22ClF3N4O2. The number of hydrogen-bond acceptors (Lipinski definition) is 4. The fourth-order valence-corrected chi connectivity index (χ4v) is 3.80. The minimum absolute atomic E-state index is 0.137. The molecule has 1 aliphatic rings. The van der Waals surface area contributed by atoms with Gasteiger partial charge in [-0.25, -0.2) is 4.68 Å². The zero-order valence-electron chi connectivity index (χ0n) is 17.6. The van der Waals surface area contributed by atoms with Gasteiger partial charge in [-0.05, 0) is 35.9 Å². The van der Waals surface area contributed by atoms with Crippen molar-refractivity contribution in [3.05, 3.63) is 82.6 Å². The van der Waals surface area contributed by atoms with Crippen molar-refractivity contribution >= 4 is 17.5 Å². The number of alkyl halides is 3. The average molecular weight is 479 g/mol. The molecule has 0 atom stereocenters. The molecule has 0 N–H and O–H groups in total. The third kappa shape index (κ3) is 6.06. The molecule has 10 heteroatoms. The van der Waals surface area contributed by atoms with E-state index in [0.717, 1.165) is 6.07 Å². The van der Waals surface area contributed by atoms with Crippen LogP contribution in [0, 0.1) is 0 Å².